The monoisotopic (exact) mass is 226 g/mol. The standard InChI is InChI=1S/C12H15FO3/c1-2-15-7-8-16-9-12(14)10-3-5-11(13)6-4-10/h3-6H,2,7-9H2,1H3. The molecule has 0 atom stereocenters. The lowest BCUT2D eigenvalue weighted by atomic mass is 10.1. The first kappa shape index (κ1) is 12.8. The maximum absolute atomic E-state index is 12.6. The van der Waals surface area contributed by atoms with E-state index in [1.54, 1.807) is 0 Å². The van der Waals surface area contributed by atoms with Crippen LogP contribution < -0.4 is 0 Å². The second kappa shape index (κ2) is 7.09. The summed E-state index contributed by atoms with van der Waals surface area (Å²) in [6.07, 6.45) is 0. The van der Waals surface area contributed by atoms with Crippen molar-refractivity contribution in [1.29, 1.82) is 0 Å². The first-order valence-electron chi connectivity index (χ1n) is 5.18. The van der Waals surface area contributed by atoms with Crippen LogP contribution >= 0.6 is 0 Å². The lowest BCUT2D eigenvalue weighted by Gasteiger charge is -2.03. The molecule has 0 bridgehead atoms. The van der Waals surface area contributed by atoms with Crippen LogP contribution in [-0.2, 0) is 9.47 Å². The Balaban J connectivity index is 2.27. The molecule has 0 heterocycles. The molecule has 0 aliphatic rings. The van der Waals surface area contributed by atoms with E-state index in [2.05, 4.69) is 0 Å². The maximum atomic E-state index is 12.6. The van der Waals surface area contributed by atoms with Gasteiger partial charge in [-0.2, -0.15) is 0 Å². The topological polar surface area (TPSA) is 35.5 Å². The van der Waals surface area contributed by atoms with Crippen molar-refractivity contribution in [3.05, 3.63) is 35.6 Å². The van der Waals surface area contributed by atoms with Crippen LogP contribution in [0.4, 0.5) is 4.39 Å². The summed E-state index contributed by atoms with van der Waals surface area (Å²) in [4.78, 5) is 11.5. The summed E-state index contributed by atoms with van der Waals surface area (Å²) in [5.74, 6) is -0.509. The summed E-state index contributed by atoms with van der Waals surface area (Å²) in [6.45, 7) is 3.39. The van der Waals surface area contributed by atoms with Gasteiger partial charge < -0.3 is 9.47 Å². The Hall–Kier alpha value is -1.26. The Morgan fingerprint density at radius 3 is 2.44 bits per heavy atom. The van der Waals surface area contributed by atoms with Crippen molar-refractivity contribution in [3.63, 3.8) is 0 Å². The van der Waals surface area contributed by atoms with Gasteiger partial charge in [0.05, 0.1) is 13.2 Å². The average molecular weight is 226 g/mol. The van der Waals surface area contributed by atoms with Crippen LogP contribution in [-0.4, -0.2) is 32.2 Å². The van der Waals surface area contributed by atoms with E-state index in [4.69, 9.17) is 9.47 Å². The third kappa shape index (κ3) is 4.51. The molecule has 0 saturated carbocycles. The Morgan fingerprint density at radius 2 is 1.81 bits per heavy atom. The lowest BCUT2D eigenvalue weighted by Crippen LogP contribution is -2.12. The fourth-order valence-corrected chi connectivity index (χ4v) is 1.15. The van der Waals surface area contributed by atoms with Crippen LogP contribution in [0.1, 0.15) is 17.3 Å². The minimum Gasteiger partial charge on any atom is -0.379 e. The van der Waals surface area contributed by atoms with Crippen molar-refractivity contribution in [2.75, 3.05) is 26.4 Å². The number of benzene rings is 1. The predicted molar refractivity (Wildman–Crippen MR) is 58.0 cm³/mol. The third-order valence-electron chi connectivity index (χ3n) is 1.98. The largest absolute Gasteiger partial charge is 0.379 e. The first-order chi connectivity index (χ1) is 7.74. The summed E-state index contributed by atoms with van der Waals surface area (Å²) >= 11 is 0. The number of carbonyl (C=O) groups excluding carboxylic acids is 1. The lowest BCUT2D eigenvalue weighted by molar-refractivity contribution is 0.0475. The zero-order chi connectivity index (χ0) is 11.8. The molecular formula is C12H15FO3. The van der Waals surface area contributed by atoms with Crippen molar-refractivity contribution in [2.45, 2.75) is 6.92 Å². The minimum atomic E-state index is -0.353. The number of Topliss-reactive ketones (excluding diaryl/α,β-unsaturated/α-hetero) is 1. The molecule has 16 heavy (non-hydrogen) atoms. The highest BCUT2D eigenvalue weighted by molar-refractivity contribution is 5.96. The molecule has 0 saturated heterocycles. The highest BCUT2D eigenvalue weighted by Crippen LogP contribution is 2.03. The van der Waals surface area contributed by atoms with E-state index in [1.165, 1.54) is 24.3 Å². The predicted octanol–water partition coefficient (Wildman–Crippen LogP) is 2.06. The van der Waals surface area contributed by atoms with Crippen molar-refractivity contribution >= 4 is 5.78 Å². The quantitative estimate of drug-likeness (QED) is 0.527. The molecule has 0 amide bonds. The van der Waals surface area contributed by atoms with Crippen molar-refractivity contribution in [2.24, 2.45) is 0 Å². The number of hydrogen-bond acceptors (Lipinski definition) is 3. The van der Waals surface area contributed by atoms with E-state index >= 15 is 0 Å². The molecule has 1 aromatic rings. The van der Waals surface area contributed by atoms with Crippen LogP contribution in [0.3, 0.4) is 0 Å². The fourth-order valence-electron chi connectivity index (χ4n) is 1.15. The Morgan fingerprint density at radius 1 is 1.19 bits per heavy atom. The summed E-state index contributed by atoms with van der Waals surface area (Å²) in [6, 6.07) is 5.41. The highest BCUT2D eigenvalue weighted by atomic mass is 19.1. The van der Waals surface area contributed by atoms with Gasteiger partial charge in [0.2, 0.25) is 0 Å². The van der Waals surface area contributed by atoms with Gasteiger partial charge in [0.15, 0.2) is 5.78 Å². The fraction of sp³-hybridized carbons (Fsp3) is 0.417. The Labute approximate surface area is 94.2 Å². The number of hydrogen-bond donors (Lipinski definition) is 0. The second-order valence-electron chi connectivity index (χ2n) is 3.18. The molecule has 3 nitrogen and oxygen atoms in total. The zero-order valence-corrected chi connectivity index (χ0v) is 9.24. The van der Waals surface area contributed by atoms with Gasteiger partial charge in [-0.25, -0.2) is 4.39 Å². The van der Waals surface area contributed by atoms with Gasteiger partial charge in [-0.05, 0) is 31.2 Å². The zero-order valence-electron chi connectivity index (χ0n) is 9.24. The SMILES string of the molecule is CCOCCOCC(=O)c1ccc(F)cc1. The molecular weight excluding hydrogens is 211 g/mol. The van der Waals surface area contributed by atoms with E-state index in [0.717, 1.165) is 0 Å². The summed E-state index contributed by atoms with van der Waals surface area (Å²) in [7, 11) is 0. The van der Waals surface area contributed by atoms with E-state index in [-0.39, 0.29) is 18.2 Å². The third-order valence-corrected chi connectivity index (χ3v) is 1.98. The minimum absolute atomic E-state index is 0.00128. The van der Waals surface area contributed by atoms with Crippen molar-refractivity contribution in [3.8, 4) is 0 Å². The van der Waals surface area contributed by atoms with E-state index in [0.29, 0.717) is 25.4 Å². The number of carbonyl (C=O) groups is 1. The molecule has 1 rings (SSSR count). The van der Waals surface area contributed by atoms with E-state index in [1.807, 2.05) is 6.92 Å². The van der Waals surface area contributed by atoms with Crippen LogP contribution in [0.15, 0.2) is 24.3 Å². The van der Waals surface area contributed by atoms with Gasteiger partial charge in [-0.1, -0.05) is 0 Å². The molecule has 0 aliphatic carbocycles. The number of rotatable bonds is 7. The molecule has 0 spiro atoms. The molecule has 0 aliphatic heterocycles. The van der Waals surface area contributed by atoms with Crippen LogP contribution in [0.5, 0.6) is 0 Å². The molecule has 0 unspecified atom stereocenters. The highest BCUT2D eigenvalue weighted by Gasteiger charge is 2.05. The van der Waals surface area contributed by atoms with Gasteiger partial charge in [0, 0.05) is 12.2 Å². The Kier molecular flexibility index (Phi) is 5.67. The van der Waals surface area contributed by atoms with Crippen LogP contribution in [0, 0.1) is 5.82 Å². The van der Waals surface area contributed by atoms with Gasteiger partial charge in [0.25, 0.3) is 0 Å². The summed E-state index contributed by atoms with van der Waals surface area (Å²) in [5, 5.41) is 0. The van der Waals surface area contributed by atoms with Crippen LogP contribution in [0.2, 0.25) is 0 Å². The number of halogens is 1. The molecule has 4 heteroatoms. The second-order valence-corrected chi connectivity index (χ2v) is 3.18. The van der Waals surface area contributed by atoms with E-state index in [9.17, 15) is 9.18 Å². The first-order valence-corrected chi connectivity index (χ1v) is 5.18. The van der Waals surface area contributed by atoms with Gasteiger partial charge in [-0.15, -0.1) is 0 Å². The number of ketones is 1. The normalized spacial score (nSPS) is 10.4. The number of ether oxygens (including phenoxy) is 2. The average Bonchev–Trinajstić information content (AvgIpc) is 2.29. The summed E-state index contributed by atoms with van der Waals surface area (Å²) in [5.41, 5.74) is 0.456. The molecule has 0 N–H and O–H groups in total. The van der Waals surface area contributed by atoms with Crippen LogP contribution in [0.25, 0.3) is 0 Å². The van der Waals surface area contributed by atoms with Gasteiger partial charge in [0.1, 0.15) is 12.4 Å². The van der Waals surface area contributed by atoms with Crippen molar-refractivity contribution < 1.29 is 18.7 Å². The molecule has 88 valence electrons. The smallest absolute Gasteiger partial charge is 0.188 e. The molecule has 0 fully saturated rings. The Bertz CT molecular complexity index is 322. The van der Waals surface area contributed by atoms with Gasteiger partial charge in [-0.3, -0.25) is 4.79 Å². The molecule has 1 aromatic carbocycles. The van der Waals surface area contributed by atoms with Crippen molar-refractivity contribution in [1.82, 2.24) is 0 Å². The van der Waals surface area contributed by atoms with E-state index < -0.39 is 0 Å². The molecule has 0 radical (unpaired) electrons. The summed E-state index contributed by atoms with van der Waals surface area (Å²) < 4.78 is 22.7. The maximum Gasteiger partial charge on any atom is 0.188 e. The van der Waals surface area contributed by atoms with Gasteiger partial charge >= 0.3 is 0 Å². The molecule has 0 aromatic heterocycles.